The maximum absolute atomic E-state index is 13.1. The molecule has 0 aromatic carbocycles. The Balaban J connectivity index is 5.18. The van der Waals surface area contributed by atoms with Crippen molar-refractivity contribution in [1.82, 2.24) is 0 Å². The van der Waals surface area contributed by atoms with E-state index in [1.54, 1.807) is 0 Å². The fourth-order valence-corrected chi connectivity index (χ4v) is 13.2. The standard InChI is InChI=1S/C77H150O17P2/c1-9-69(7)55-47-39-31-25-19-17-15-13-11-12-14-16-18-20-26-33-43-51-59-76(81)94-73(64-88-75(80)58-50-42-36-35-40-48-56-70(8)10-2)66-92-96(85,86)90-62-71(78)61-89-95(83,84)91-65-72(93-77(82)60-52-44-34-28-22-24-30-38-46-54-68(5)6)63-87-74(79)57-49-41-32-27-21-23-29-37-45-53-67(3)4/h67-73,78H,9-66H2,1-8H3,(H,83,84)(H,85,86)/t69?,70?,71-,72-,73-/m1/s1. The van der Waals surface area contributed by atoms with Crippen LogP contribution in [0.1, 0.15) is 389 Å². The summed E-state index contributed by atoms with van der Waals surface area (Å²) in [4.78, 5) is 72.8. The van der Waals surface area contributed by atoms with Crippen LogP contribution in [0.3, 0.4) is 0 Å². The molecule has 0 aliphatic carbocycles. The third kappa shape index (κ3) is 67.9. The van der Waals surface area contributed by atoms with Crippen LogP contribution in [0.15, 0.2) is 0 Å². The topological polar surface area (TPSA) is 237 Å². The number of aliphatic hydroxyl groups is 1. The molecule has 0 amide bonds. The highest BCUT2D eigenvalue weighted by atomic mass is 31.2. The van der Waals surface area contributed by atoms with E-state index in [0.29, 0.717) is 25.7 Å². The minimum atomic E-state index is -4.96. The molecule has 0 aromatic heterocycles. The van der Waals surface area contributed by atoms with Crippen LogP contribution in [0.5, 0.6) is 0 Å². The summed E-state index contributed by atoms with van der Waals surface area (Å²) in [5.74, 6) is 0.959. The molecular formula is C77H150O17P2. The summed E-state index contributed by atoms with van der Waals surface area (Å²) in [7, 11) is -9.91. The Morgan fingerprint density at radius 1 is 0.292 bits per heavy atom. The second-order valence-corrected chi connectivity index (χ2v) is 32.1. The van der Waals surface area contributed by atoms with Crippen LogP contribution in [-0.4, -0.2) is 96.7 Å². The van der Waals surface area contributed by atoms with Crippen LogP contribution in [-0.2, 0) is 65.4 Å². The first kappa shape index (κ1) is 94.1. The van der Waals surface area contributed by atoms with E-state index in [2.05, 4.69) is 55.4 Å². The third-order valence-corrected chi connectivity index (χ3v) is 20.4. The summed E-state index contributed by atoms with van der Waals surface area (Å²) in [5.41, 5.74) is 0. The summed E-state index contributed by atoms with van der Waals surface area (Å²) < 4.78 is 68.5. The molecule has 0 aromatic rings. The Labute approximate surface area is 588 Å². The molecule has 0 saturated heterocycles. The van der Waals surface area contributed by atoms with Crippen molar-refractivity contribution in [2.75, 3.05) is 39.6 Å². The Hall–Kier alpha value is -1.94. The predicted molar refractivity (Wildman–Crippen MR) is 391 cm³/mol. The summed E-state index contributed by atoms with van der Waals surface area (Å²) in [6, 6.07) is 0. The van der Waals surface area contributed by atoms with Crippen LogP contribution in [0.2, 0.25) is 0 Å². The SMILES string of the molecule is CCC(C)CCCCCCCCCCCCCCCCCCCCC(=O)O[C@H](COC(=O)CCCCCCCCC(C)CC)COP(=O)(O)OC[C@H](O)COP(=O)(O)OC[C@@H](COC(=O)CCCCCCCCCCCC(C)C)OC(=O)CCCCCCCCCCCC(C)C. The molecular weight excluding hydrogens is 1260 g/mol. The number of ether oxygens (including phenoxy) is 4. The zero-order chi connectivity index (χ0) is 71.0. The molecule has 0 aliphatic heterocycles. The van der Waals surface area contributed by atoms with Gasteiger partial charge in [0.05, 0.1) is 26.4 Å². The molecule has 7 atom stereocenters. The second-order valence-electron chi connectivity index (χ2n) is 29.2. The second kappa shape index (κ2) is 66.3. The van der Waals surface area contributed by atoms with Gasteiger partial charge in [-0.1, -0.05) is 338 Å². The molecule has 0 radical (unpaired) electrons. The van der Waals surface area contributed by atoms with Gasteiger partial charge in [0, 0.05) is 25.7 Å². The molecule has 0 spiro atoms. The fourth-order valence-electron chi connectivity index (χ4n) is 11.7. The fraction of sp³-hybridized carbons (Fsp3) is 0.948. The quantitative estimate of drug-likeness (QED) is 0.0222. The van der Waals surface area contributed by atoms with Crippen molar-refractivity contribution in [2.24, 2.45) is 23.7 Å². The highest BCUT2D eigenvalue weighted by molar-refractivity contribution is 7.47. The largest absolute Gasteiger partial charge is 0.472 e. The number of phosphoric acid groups is 2. The molecule has 0 aliphatic rings. The average molecular weight is 1410 g/mol. The maximum atomic E-state index is 13.1. The third-order valence-electron chi connectivity index (χ3n) is 18.5. The lowest BCUT2D eigenvalue weighted by Gasteiger charge is -2.21. The molecule has 570 valence electrons. The van der Waals surface area contributed by atoms with Gasteiger partial charge in [-0.2, -0.15) is 0 Å². The Kier molecular flexibility index (Phi) is 65.0. The van der Waals surface area contributed by atoms with Crippen LogP contribution in [0, 0.1) is 23.7 Å². The number of hydrogen-bond acceptors (Lipinski definition) is 15. The first-order valence-corrected chi connectivity index (χ1v) is 42.8. The number of hydrogen-bond donors (Lipinski definition) is 3. The van der Waals surface area contributed by atoms with Crippen LogP contribution in [0.4, 0.5) is 0 Å². The van der Waals surface area contributed by atoms with Gasteiger partial charge in [-0.3, -0.25) is 37.3 Å². The van der Waals surface area contributed by atoms with E-state index in [1.807, 2.05) is 0 Å². The number of carbonyl (C=O) groups is 4. The van der Waals surface area contributed by atoms with Crippen LogP contribution in [0.25, 0.3) is 0 Å². The highest BCUT2D eigenvalue weighted by Gasteiger charge is 2.30. The molecule has 0 rings (SSSR count). The van der Waals surface area contributed by atoms with Gasteiger partial charge in [-0.25, -0.2) is 9.13 Å². The van der Waals surface area contributed by atoms with Gasteiger partial charge in [0.1, 0.15) is 19.3 Å². The van der Waals surface area contributed by atoms with Crippen molar-refractivity contribution >= 4 is 39.5 Å². The van der Waals surface area contributed by atoms with Crippen molar-refractivity contribution in [3.63, 3.8) is 0 Å². The van der Waals surface area contributed by atoms with Gasteiger partial charge in [0.2, 0.25) is 0 Å². The van der Waals surface area contributed by atoms with Crippen molar-refractivity contribution in [3.8, 4) is 0 Å². The van der Waals surface area contributed by atoms with Crippen molar-refractivity contribution in [1.29, 1.82) is 0 Å². The van der Waals surface area contributed by atoms with E-state index in [1.165, 1.54) is 186 Å². The molecule has 19 heteroatoms. The van der Waals surface area contributed by atoms with E-state index < -0.39 is 97.5 Å². The Bertz CT molecular complexity index is 1890. The Morgan fingerprint density at radius 2 is 0.500 bits per heavy atom. The molecule has 0 fully saturated rings. The van der Waals surface area contributed by atoms with Gasteiger partial charge >= 0.3 is 39.5 Å². The smallest absolute Gasteiger partial charge is 0.462 e. The molecule has 3 N–H and O–H groups in total. The monoisotopic (exact) mass is 1410 g/mol. The summed E-state index contributed by atoms with van der Waals surface area (Å²) >= 11 is 0. The first-order valence-electron chi connectivity index (χ1n) is 39.8. The van der Waals surface area contributed by atoms with Crippen LogP contribution < -0.4 is 0 Å². The zero-order valence-corrected chi connectivity index (χ0v) is 64.8. The minimum Gasteiger partial charge on any atom is -0.462 e. The van der Waals surface area contributed by atoms with E-state index in [-0.39, 0.29) is 25.7 Å². The Morgan fingerprint density at radius 3 is 0.740 bits per heavy atom. The number of esters is 4. The number of aliphatic hydroxyl groups excluding tert-OH is 1. The van der Waals surface area contributed by atoms with E-state index in [0.717, 1.165) is 120 Å². The van der Waals surface area contributed by atoms with Gasteiger partial charge in [-0.15, -0.1) is 0 Å². The molecule has 17 nitrogen and oxygen atoms in total. The molecule has 0 bridgehead atoms. The molecule has 4 unspecified atom stereocenters. The number of unbranched alkanes of at least 4 members (excludes halogenated alkanes) is 38. The van der Waals surface area contributed by atoms with Gasteiger partial charge in [0.15, 0.2) is 12.2 Å². The maximum Gasteiger partial charge on any atom is 0.472 e. The normalized spacial score (nSPS) is 14.7. The molecule has 0 heterocycles. The lowest BCUT2D eigenvalue weighted by Crippen LogP contribution is -2.30. The van der Waals surface area contributed by atoms with Gasteiger partial charge < -0.3 is 33.8 Å². The molecule has 0 saturated carbocycles. The summed E-state index contributed by atoms with van der Waals surface area (Å²) in [5, 5.41) is 10.6. The summed E-state index contributed by atoms with van der Waals surface area (Å²) in [6.07, 6.45) is 51.5. The minimum absolute atomic E-state index is 0.104. The average Bonchev–Trinajstić information content (AvgIpc) is 1.34. The summed E-state index contributed by atoms with van der Waals surface area (Å²) in [6.45, 7) is 14.2. The van der Waals surface area contributed by atoms with Gasteiger partial charge in [0.25, 0.3) is 0 Å². The number of carbonyl (C=O) groups excluding carboxylic acids is 4. The van der Waals surface area contributed by atoms with Crippen molar-refractivity contribution in [2.45, 2.75) is 408 Å². The zero-order valence-electron chi connectivity index (χ0n) is 63.0. The number of rotatable bonds is 74. The van der Waals surface area contributed by atoms with E-state index in [9.17, 15) is 43.2 Å². The molecule has 96 heavy (non-hydrogen) atoms. The lowest BCUT2D eigenvalue weighted by atomic mass is 9.99. The van der Waals surface area contributed by atoms with Crippen molar-refractivity contribution in [3.05, 3.63) is 0 Å². The van der Waals surface area contributed by atoms with E-state index >= 15 is 0 Å². The number of phosphoric ester groups is 2. The highest BCUT2D eigenvalue weighted by Crippen LogP contribution is 2.45. The lowest BCUT2D eigenvalue weighted by molar-refractivity contribution is -0.161. The van der Waals surface area contributed by atoms with E-state index in [4.69, 9.17) is 37.0 Å². The van der Waals surface area contributed by atoms with Crippen molar-refractivity contribution < 1.29 is 80.2 Å². The predicted octanol–water partition coefficient (Wildman–Crippen LogP) is 22.4. The van der Waals surface area contributed by atoms with Crippen LogP contribution >= 0.6 is 15.6 Å². The van der Waals surface area contributed by atoms with Gasteiger partial charge in [-0.05, 0) is 49.4 Å². The first-order chi connectivity index (χ1) is 46.2.